The zero-order valence-corrected chi connectivity index (χ0v) is 14.9. The van der Waals surface area contributed by atoms with Crippen LogP contribution in [0.3, 0.4) is 0 Å². The van der Waals surface area contributed by atoms with E-state index in [0.717, 1.165) is 35.4 Å². The van der Waals surface area contributed by atoms with Gasteiger partial charge in [-0.2, -0.15) is 0 Å². The molecule has 4 heteroatoms. The number of hydrogen-bond acceptors (Lipinski definition) is 1. The van der Waals surface area contributed by atoms with Crippen LogP contribution in [0, 0.1) is 6.92 Å². The molecule has 114 valence electrons. The fraction of sp³-hybridized carbons (Fsp3) is 0.562. The molecule has 0 spiro atoms. The van der Waals surface area contributed by atoms with Gasteiger partial charge in [0.2, 0.25) is 0 Å². The molecule has 1 aromatic rings. The molecule has 0 aliphatic rings. The molecule has 0 saturated heterocycles. The summed E-state index contributed by atoms with van der Waals surface area (Å²) >= 11 is 0. The minimum absolute atomic E-state index is 0. The lowest BCUT2D eigenvalue weighted by molar-refractivity contribution is -0.915. The molecule has 0 saturated carbocycles. The van der Waals surface area contributed by atoms with E-state index >= 15 is 0 Å². The van der Waals surface area contributed by atoms with Crippen molar-refractivity contribution in [3.8, 4) is 0 Å². The summed E-state index contributed by atoms with van der Waals surface area (Å²) in [5.41, 5.74) is 2.15. The molecule has 0 aliphatic carbocycles. The van der Waals surface area contributed by atoms with E-state index in [4.69, 9.17) is 0 Å². The first kappa shape index (κ1) is 19.1. The van der Waals surface area contributed by atoms with Crippen molar-refractivity contribution >= 4 is 11.6 Å². The van der Waals surface area contributed by atoms with E-state index in [1.807, 2.05) is 38.2 Å². The molecular formula is C16H27BrN2O. The highest BCUT2D eigenvalue weighted by Crippen LogP contribution is 2.19. The number of benzene rings is 1. The standard InChI is InChI=1S/C16H27N2O.BrH/c1-6-18(7-2,8-3)13-16(19)17(5)15-12-10-9-11-14(15)4;/h9-12H,6-8,13H2,1-5H3;1H/q+1;/p-1. The van der Waals surface area contributed by atoms with E-state index in [1.54, 1.807) is 4.90 Å². The lowest BCUT2D eigenvalue weighted by Crippen LogP contribution is -3.00. The molecular weight excluding hydrogens is 316 g/mol. The summed E-state index contributed by atoms with van der Waals surface area (Å²) in [6, 6.07) is 8.03. The summed E-state index contributed by atoms with van der Waals surface area (Å²) < 4.78 is 0.856. The van der Waals surface area contributed by atoms with Gasteiger partial charge in [-0.3, -0.25) is 4.79 Å². The number of halogens is 1. The summed E-state index contributed by atoms with van der Waals surface area (Å²) in [6.45, 7) is 12.1. The van der Waals surface area contributed by atoms with Crippen LogP contribution in [0.25, 0.3) is 0 Å². The normalized spacial score (nSPS) is 10.8. The summed E-state index contributed by atoms with van der Waals surface area (Å²) in [7, 11) is 1.88. The average Bonchev–Trinajstić information content (AvgIpc) is 2.44. The number of rotatable bonds is 6. The van der Waals surface area contributed by atoms with Crippen LogP contribution in [0.4, 0.5) is 5.69 Å². The molecule has 1 rings (SSSR count). The molecule has 0 aromatic heterocycles. The molecule has 1 amide bonds. The van der Waals surface area contributed by atoms with Gasteiger partial charge in [0.25, 0.3) is 5.91 Å². The number of hydrogen-bond donors (Lipinski definition) is 0. The molecule has 0 bridgehead atoms. The number of amides is 1. The SMILES string of the molecule is CC[N+](CC)(CC)CC(=O)N(C)c1ccccc1C.[Br-]. The second-order valence-electron chi connectivity index (χ2n) is 5.19. The lowest BCUT2D eigenvalue weighted by atomic mass is 10.2. The van der Waals surface area contributed by atoms with E-state index in [9.17, 15) is 4.79 Å². The van der Waals surface area contributed by atoms with Crippen LogP contribution in [-0.4, -0.2) is 43.6 Å². The van der Waals surface area contributed by atoms with Gasteiger partial charge in [-0.15, -0.1) is 0 Å². The average molecular weight is 343 g/mol. The summed E-state index contributed by atoms with van der Waals surface area (Å²) in [5.74, 6) is 0.194. The van der Waals surface area contributed by atoms with Gasteiger partial charge in [-0.25, -0.2) is 0 Å². The Hall–Kier alpha value is -0.870. The van der Waals surface area contributed by atoms with Crippen molar-refractivity contribution in [2.45, 2.75) is 27.7 Å². The summed E-state index contributed by atoms with van der Waals surface area (Å²) in [4.78, 5) is 14.3. The second kappa shape index (κ2) is 8.42. The smallest absolute Gasteiger partial charge is 0.281 e. The number of para-hydroxylation sites is 1. The van der Waals surface area contributed by atoms with Gasteiger partial charge in [-0.1, -0.05) is 18.2 Å². The van der Waals surface area contributed by atoms with Gasteiger partial charge in [0.15, 0.2) is 6.54 Å². The fourth-order valence-corrected chi connectivity index (χ4v) is 2.47. The van der Waals surface area contributed by atoms with Gasteiger partial charge in [0, 0.05) is 12.7 Å². The molecule has 3 nitrogen and oxygen atoms in total. The van der Waals surface area contributed by atoms with Gasteiger partial charge < -0.3 is 26.4 Å². The minimum atomic E-state index is 0. The first-order chi connectivity index (χ1) is 8.99. The van der Waals surface area contributed by atoms with Crippen LogP contribution in [0.1, 0.15) is 26.3 Å². The predicted octanol–water partition coefficient (Wildman–Crippen LogP) is -0.162. The van der Waals surface area contributed by atoms with Crippen molar-refractivity contribution in [1.29, 1.82) is 0 Å². The van der Waals surface area contributed by atoms with Crippen LogP contribution in [0.2, 0.25) is 0 Å². The molecule has 0 N–H and O–H groups in total. The van der Waals surface area contributed by atoms with Crippen molar-refractivity contribution in [1.82, 2.24) is 0 Å². The Morgan fingerprint density at radius 3 is 2.05 bits per heavy atom. The third kappa shape index (κ3) is 4.32. The fourth-order valence-electron chi connectivity index (χ4n) is 2.47. The Morgan fingerprint density at radius 2 is 1.60 bits per heavy atom. The monoisotopic (exact) mass is 342 g/mol. The van der Waals surface area contributed by atoms with Crippen LogP contribution >= 0.6 is 0 Å². The van der Waals surface area contributed by atoms with E-state index in [1.165, 1.54) is 0 Å². The molecule has 0 atom stereocenters. The summed E-state index contributed by atoms with van der Waals surface area (Å²) in [5, 5.41) is 0. The van der Waals surface area contributed by atoms with Gasteiger partial charge in [-0.05, 0) is 39.3 Å². The Labute approximate surface area is 133 Å². The number of carbonyl (C=O) groups excluding carboxylic acids is 1. The third-order valence-electron chi connectivity index (χ3n) is 4.33. The Morgan fingerprint density at radius 1 is 1.10 bits per heavy atom. The maximum atomic E-state index is 12.5. The van der Waals surface area contributed by atoms with Crippen LogP contribution < -0.4 is 21.9 Å². The molecule has 0 heterocycles. The largest absolute Gasteiger partial charge is 1.00 e. The summed E-state index contributed by atoms with van der Waals surface area (Å²) in [6.07, 6.45) is 0. The van der Waals surface area contributed by atoms with Crippen molar-refractivity contribution in [2.75, 3.05) is 38.1 Å². The van der Waals surface area contributed by atoms with Gasteiger partial charge in [0.1, 0.15) is 0 Å². The second-order valence-corrected chi connectivity index (χ2v) is 5.19. The van der Waals surface area contributed by atoms with Gasteiger partial charge in [0.05, 0.1) is 19.6 Å². The van der Waals surface area contributed by atoms with Crippen molar-refractivity contribution < 1.29 is 26.3 Å². The maximum absolute atomic E-state index is 12.5. The zero-order chi connectivity index (χ0) is 14.5. The minimum Gasteiger partial charge on any atom is -1.00 e. The number of aryl methyl sites for hydroxylation is 1. The van der Waals surface area contributed by atoms with Crippen LogP contribution in [-0.2, 0) is 4.79 Å². The maximum Gasteiger partial charge on any atom is 0.281 e. The highest BCUT2D eigenvalue weighted by atomic mass is 79.9. The zero-order valence-electron chi connectivity index (χ0n) is 13.3. The third-order valence-corrected chi connectivity index (χ3v) is 4.33. The molecule has 0 fully saturated rings. The first-order valence-corrected chi connectivity index (χ1v) is 7.17. The van der Waals surface area contributed by atoms with Crippen molar-refractivity contribution in [3.63, 3.8) is 0 Å². The molecule has 0 unspecified atom stereocenters. The van der Waals surface area contributed by atoms with Gasteiger partial charge >= 0.3 is 0 Å². The Kier molecular flexibility index (Phi) is 8.06. The Bertz CT molecular complexity index is 422. The highest BCUT2D eigenvalue weighted by molar-refractivity contribution is 5.94. The molecule has 0 radical (unpaired) electrons. The van der Waals surface area contributed by atoms with E-state index in [-0.39, 0.29) is 22.9 Å². The van der Waals surface area contributed by atoms with E-state index in [0.29, 0.717) is 6.54 Å². The topological polar surface area (TPSA) is 20.3 Å². The van der Waals surface area contributed by atoms with E-state index in [2.05, 4.69) is 20.8 Å². The molecule has 1 aromatic carbocycles. The first-order valence-electron chi connectivity index (χ1n) is 7.17. The number of anilines is 1. The lowest BCUT2D eigenvalue weighted by Gasteiger charge is -2.36. The number of nitrogens with zero attached hydrogens (tertiary/aromatic N) is 2. The molecule has 20 heavy (non-hydrogen) atoms. The van der Waals surface area contributed by atoms with E-state index < -0.39 is 0 Å². The van der Waals surface area contributed by atoms with Crippen LogP contribution in [0.15, 0.2) is 24.3 Å². The van der Waals surface area contributed by atoms with Crippen molar-refractivity contribution in [2.24, 2.45) is 0 Å². The van der Waals surface area contributed by atoms with Crippen molar-refractivity contribution in [3.05, 3.63) is 29.8 Å². The quantitative estimate of drug-likeness (QED) is 0.658. The molecule has 0 aliphatic heterocycles. The number of likely N-dealkylation sites (N-methyl/N-ethyl adjacent to an activating group) is 2. The highest BCUT2D eigenvalue weighted by Gasteiger charge is 2.27. The number of quaternary nitrogens is 1. The predicted molar refractivity (Wildman–Crippen MR) is 81.3 cm³/mol. The Balaban J connectivity index is 0.00000361. The number of carbonyl (C=O) groups is 1. The van der Waals surface area contributed by atoms with Crippen LogP contribution in [0.5, 0.6) is 0 Å².